The molecule has 7 heteroatoms. The van der Waals surface area contributed by atoms with E-state index in [1.54, 1.807) is 21.3 Å². The summed E-state index contributed by atoms with van der Waals surface area (Å²) in [5, 5.41) is -0.438. The topological polar surface area (TPSA) is 47.2 Å². The van der Waals surface area contributed by atoms with Crippen molar-refractivity contribution in [2.24, 2.45) is 7.05 Å². The van der Waals surface area contributed by atoms with Crippen LogP contribution in [0.3, 0.4) is 0 Å². The fourth-order valence-corrected chi connectivity index (χ4v) is 5.06. The van der Waals surface area contributed by atoms with Crippen molar-refractivity contribution in [1.82, 2.24) is 9.36 Å². The molecule has 0 radical (unpaired) electrons. The molecule has 0 aliphatic carbocycles. The molecule has 2 heterocycles. The van der Waals surface area contributed by atoms with Gasteiger partial charge in [0.1, 0.15) is 11.1 Å². The first-order chi connectivity index (χ1) is 13.4. The summed E-state index contributed by atoms with van der Waals surface area (Å²) in [6, 6.07) is 17.4. The van der Waals surface area contributed by atoms with Crippen LogP contribution in [-0.4, -0.2) is 20.5 Å². The second kappa shape index (κ2) is 7.29. The average Bonchev–Trinajstić information content (AvgIpc) is 3.09. The van der Waals surface area contributed by atoms with E-state index < -0.39 is 0 Å². The van der Waals surface area contributed by atoms with Gasteiger partial charge in [0.25, 0.3) is 5.56 Å². The lowest BCUT2D eigenvalue weighted by molar-refractivity contribution is -0.117. The number of hydrogen-bond acceptors (Lipinski definition) is 3. The van der Waals surface area contributed by atoms with Gasteiger partial charge in [0.2, 0.25) is 5.91 Å². The molecular weight excluding hydrogens is 438 g/mol. The summed E-state index contributed by atoms with van der Waals surface area (Å²) in [4.78, 5) is 28.1. The number of para-hydroxylation sites is 1. The van der Waals surface area contributed by atoms with E-state index >= 15 is 0 Å². The number of benzene rings is 2. The zero-order valence-electron chi connectivity index (χ0n) is 15.8. The highest BCUT2D eigenvalue weighted by molar-refractivity contribution is 9.10. The van der Waals surface area contributed by atoms with Gasteiger partial charge in [0, 0.05) is 11.5 Å². The van der Waals surface area contributed by atoms with E-state index in [-0.39, 0.29) is 22.1 Å². The summed E-state index contributed by atoms with van der Waals surface area (Å²) in [5.74, 6) is -0.0380. The molecule has 2 atom stereocenters. The van der Waals surface area contributed by atoms with Crippen molar-refractivity contribution < 1.29 is 4.79 Å². The minimum absolute atomic E-state index is 0.0380. The first kappa shape index (κ1) is 19.1. The maximum Gasteiger partial charge on any atom is 0.295 e. The van der Waals surface area contributed by atoms with Gasteiger partial charge >= 0.3 is 0 Å². The summed E-state index contributed by atoms with van der Waals surface area (Å²) >= 11 is 5.02. The third-order valence-electron chi connectivity index (χ3n) is 5.07. The monoisotopic (exact) mass is 457 g/mol. The largest absolute Gasteiger partial charge is 0.295 e. The molecule has 0 spiro atoms. The van der Waals surface area contributed by atoms with Crippen LogP contribution in [0.15, 0.2) is 63.9 Å². The lowest BCUT2D eigenvalue weighted by atomic mass is 10.2. The molecule has 1 aliphatic rings. The molecule has 3 aromatic rings. The Balaban J connectivity index is 1.88. The normalized spacial score (nSPS) is 19.4. The van der Waals surface area contributed by atoms with E-state index in [0.717, 1.165) is 21.4 Å². The fourth-order valence-electron chi connectivity index (χ4n) is 3.54. The number of anilines is 1. The van der Waals surface area contributed by atoms with Crippen molar-refractivity contribution in [1.29, 1.82) is 0 Å². The second-order valence-corrected chi connectivity index (χ2v) is 9.14. The number of hydrogen-bond donors (Lipinski definition) is 0. The first-order valence-electron chi connectivity index (χ1n) is 8.98. The third-order valence-corrected chi connectivity index (χ3v) is 6.95. The van der Waals surface area contributed by atoms with Crippen LogP contribution in [0, 0.1) is 6.92 Å². The molecule has 1 aromatic heterocycles. The Morgan fingerprint density at radius 2 is 1.64 bits per heavy atom. The Kier molecular flexibility index (Phi) is 4.97. The number of thioether (sulfide) groups is 1. The van der Waals surface area contributed by atoms with Crippen LogP contribution in [-0.2, 0) is 11.8 Å². The van der Waals surface area contributed by atoms with Gasteiger partial charge in [0.05, 0.1) is 16.6 Å². The van der Waals surface area contributed by atoms with Crippen molar-refractivity contribution in [2.75, 3.05) is 4.90 Å². The van der Waals surface area contributed by atoms with Crippen molar-refractivity contribution in [3.05, 3.63) is 80.7 Å². The lowest BCUT2D eigenvalue weighted by Gasteiger charge is -2.23. The number of carbonyl (C=O) groups is 1. The summed E-state index contributed by atoms with van der Waals surface area (Å²) in [6.45, 7) is 3.78. The Morgan fingerprint density at radius 1 is 1.00 bits per heavy atom. The number of halogens is 1. The standard InChI is InChI=1S/C21H20BrN3O2S/c1-13-18(20(27)25(23(13)3)17-7-5-4-6-8-17)24-19(26)14(2)28-21(24)15-9-11-16(22)12-10-15/h4-12,14,21H,1-3H3/t14-,21-/m1/s1. The van der Waals surface area contributed by atoms with E-state index in [0.29, 0.717) is 5.69 Å². The molecule has 4 rings (SSSR count). The molecule has 0 bridgehead atoms. The van der Waals surface area contributed by atoms with E-state index in [2.05, 4.69) is 15.9 Å². The van der Waals surface area contributed by atoms with Crippen LogP contribution in [0.5, 0.6) is 0 Å². The average molecular weight is 458 g/mol. The molecule has 1 saturated heterocycles. The molecule has 5 nitrogen and oxygen atoms in total. The highest BCUT2D eigenvalue weighted by Gasteiger charge is 2.42. The van der Waals surface area contributed by atoms with Gasteiger partial charge in [-0.15, -0.1) is 11.8 Å². The summed E-state index contributed by atoms with van der Waals surface area (Å²) in [5.41, 5.74) is 2.80. The predicted molar refractivity (Wildman–Crippen MR) is 117 cm³/mol. The molecule has 28 heavy (non-hydrogen) atoms. The Morgan fingerprint density at radius 3 is 2.29 bits per heavy atom. The molecule has 1 fully saturated rings. The van der Waals surface area contributed by atoms with Gasteiger partial charge in [-0.05, 0) is 43.7 Å². The predicted octanol–water partition coefficient (Wildman–Crippen LogP) is 4.41. The van der Waals surface area contributed by atoms with Gasteiger partial charge < -0.3 is 0 Å². The van der Waals surface area contributed by atoms with Crippen LogP contribution >= 0.6 is 27.7 Å². The van der Waals surface area contributed by atoms with Crippen LogP contribution in [0.2, 0.25) is 0 Å². The van der Waals surface area contributed by atoms with Gasteiger partial charge in [-0.2, -0.15) is 0 Å². The highest BCUT2D eigenvalue weighted by Crippen LogP contribution is 2.45. The summed E-state index contributed by atoms with van der Waals surface area (Å²) in [7, 11) is 1.85. The molecule has 1 amide bonds. The van der Waals surface area contributed by atoms with Crippen molar-refractivity contribution in [3.63, 3.8) is 0 Å². The fraction of sp³-hybridized carbons (Fsp3) is 0.238. The van der Waals surface area contributed by atoms with E-state index in [1.807, 2.05) is 80.2 Å². The van der Waals surface area contributed by atoms with E-state index in [4.69, 9.17) is 0 Å². The zero-order valence-corrected chi connectivity index (χ0v) is 18.2. The number of nitrogens with zero attached hydrogens (tertiary/aromatic N) is 3. The van der Waals surface area contributed by atoms with Crippen LogP contribution < -0.4 is 10.5 Å². The lowest BCUT2D eigenvalue weighted by Crippen LogP contribution is -2.34. The van der Waals surface area contributed by atoms with Crippen molar-refractivity contribution in [3.8, 4) is 5.69 Å². The van der Waals surface area contributed by atoms with Gasteiger partial charge in [0.15, 0.2) is 0 Å². The van der Waals surface area contributed by atoms with Gasteiger partial charge in [-0.3, -0.25) is 19.2 Å². The molecule has 0 saturated carbocycles. The van der Waals surface area contributed by atoms with E-state index in [1.165, 1.54) is 0 Å². The van der Waals surface area contributed by atoms with Crippen LogP contribution in [0.1, 0.15) is 23.6 Å². The van der Waals surface area contributed by atoms with Crippen molar-refractivity contribution >= 4 is 39.3 Å². The number of rotatable bonds is 3. The number of aromatic nitrogens is 2. The minimum atomic E-state index is -0.228. The number of amides is 1. The van der Waals surface area contributed by atoms with E-state index in [9.17, 15) is 9.59 Å². The minimum Gasteiger partial charge on any atom is -0.288 e. The van der Waals surface area contributed by atoms with Gasteiger partial charge in [-0.25, -0.2) is 4.68 Å². The quantitative estimate of drug-likeness (QED) is 0.584. The van der Waals surface area contributed by atoms with Gasteiger partial charge in [-0.1, -0.05) is 46.3 Å². The Hall–Kier alpha value is -2.25. The zero-order chi connectivity index (χ0) is 20.0. The molecule has 144 valence electrons. The second-order valence-electron chi connectivity index (χ2n) is 6.80. The first-order valence-corrected chi connectivity index (χ1v) is 10.7. The molecule has 0 N–H and O–H groups in total. The third kappa shape index (κ3) is 3.02. The van der Waals surface area contributed by atoms with Crippen LogP contribution in [0.4, 0.5) is 5.69 Å². The maximum absolute atomic E-state index is 13.4. The molecular formula is C21H20BrN3O2S. The number of carbonyl (C=O) groups excluding carboxylic acids is 1. The SMILES string of the molecule is Cc1c(N2C(=O)[C@@H](C)S[C@@H]2c2ccc(Br)cc2)c(=O)n(-c2ccccc2)n1C. The Labute approximate surface area is 176 Å². The summed E-state index contributed by atoms with van der Waals surface area (Å²) < 4.78 is 4.41. The molecule has 0 unspecified atom stereocenters. The highest BCUT2D eigenvalue weighted by atomic mass is 79.9. The van der Waals surface area contributed by atoms with Crippen molar-refractivity contribution in [2.45, 2.75) is 24.5 Å². The van der Waals surface area contributed by atoms with Crippen LogP contribution in [0.25, 0.3) is 5.69 Å². The molecule has 1 aliphatic heterocycles. The maximum atomic E-state index is 13.4. The molecule has 2 aromatic carbocycles. The summed E-state index contributed by atoms with van der Waals surface area (Å²) in [6.07, 6.45) is 0. The Bertz CT molecular complexity index is 1090. The smallest absolute Gasteiger partial charge is 0.288 e.